The van der Waals surface area contributed by atoms with Crippen molar-refractivity contribution >= 4 is 17.5 Å². The normalized spacial score (nSPS) is 15.5. The monoisotopic (exact) mass is 347 g/mol. The number of piperidine rings is 1. The molecule has 0 aliphatic carbocycles. The Bertz CT molecular complexity index is 721. The van der Waals surface area contributed by atoms with E-state index in [2.05, 4.69) is 17.1 Å². The van der Waals surface area contributed by atoms with Crippen LogP contribution < -0.4 is 4.74 Å². The zero-order valence-electron chi connectivity index (χ0n) is 14.0. The number of aromatic amines is 1. The van der Waals surface area contributed by atoms with Gasteiger partial charge in [0.2, 0.25) is 0 Å². The van der Waals surface area contributed by atoms with Gasteiger partial charge in [-0.3, -0.25) is 9.89 Å². The maximum atomic E-state index is 12.8. The van der Waals surface area contributed by atoms with Crippen molar-refractivity contribution in [1.82, 2.24) is 15.1 Å². The molecule has 1 aromatic heterocycles. The summed E-state index contributed by atoms with van der Waals surface area (Å²) < 4.78 is 5.46. The second-order valence-corrected chi connectivity index (χ2v) is 6.62. The summed E-state index contributed by atoms with van der Waals surface area (Å²) in [7, 11) is 0. The highest BCUT2D eigenvalue weighted by Crippen LogP contribution is 2.31. The smallest absolute Gasteiger partial charge is 0.257 e. The minimum absolute atomic E-state index is 0.0238. The lowest BCUT2D eigenvalue weighted by Gasteiger charge is -2.30. The molecule has 3 rings (SSSR count). The number of carbonyl (C=O) groups is 1. The standard InChI is InChI=1S/C18H22ClN3O2/c1-3-24-16-5-4-13(10-15(16)19)17-14(11-20-21-17)18(23)22-8-6-12(2)7-9-22/h4-5,10-12H,3,6-9H2,1-2H3,(H,20,21). The molecule has 1 aliphatic rings. The summed E-state index contributed by atoms with van der Waals surface area (Å²) in [5.74, 6) is 1.35. The highest BCUT2D eigenvalue weighted by atomic mass is 35.5. The molecule has 1 N–H and O–H groups in total. The van der Waals surface area contributed by atoms with Crippen molar-refractivity contribution in [3.63, 3.8) is 0 Å². The fourth-order valence-electron chi connectivity index (χ4n) is 2.98. The number of rotatable bonds is 4. The maximum Gasteiger partial charge on any atom is 0.257 e. The molecule has 0 atom stereocenters. The second-order valence-electron chi connectivity index (χ2n) is 6.21. The third-order valence-corrected chi connectivity index (χ3v) is 4.76. The van der Waals surface area contributed by atoms with Gasteiger partial charge in [0, 0.05) is 18.7 Å². The number of likely N-dealkylation sites (tertiary alicyclic amines) is 1. The van der Waals surface area contributed by atoms with Crippen LogP contribution in [-0.2, 0) is 0 Å². The van der Waals surface area contributed by atoms with Crippen molar-refractivity contribution < 1.29 is 9.53 Å². The fraction of sp³-hybridized carbons (Fsp3) is 0.444. The molecule has 1 fully saturated rings. The number of aromatic nitrogens is 2. The Hall–Kier alpha value is -2.01. The zero-order chi connectivity index (χ0) is 17.1. The van der Waals surface area contributed by atoms with Crippen LogP contribution in [0.15, 0.2) is 24.4 Å². The summed E-state index contributed by atoms with van der Waals surface area (Å²) in [5.41, 5.74) is 2.11. The van der Waals surface area contributed by atoms with Gasteiger partial charge >= 0.3 is 0 Å². The van der Waals surface area contributed by atoms with E-state index in [0.717, 1.165) is 31.5 Å². The van der Waals surface area contributed by atoms with Crippen LogP contribution in [0.2, 0.25) is 5.02 Å². The van der Waals surface area contributed by atoms with Crippen LogP contribution in [-0.4, -0.2) is 40.7 Å². The first-order chi connectivity index (χ1) is 11.6. The van der Waals surface area contributed by atoms with Gasteiger partial charge in [-0.05, 0) is 43.9 Å². The number of nitrogens with zero attached hydrogens (tertiary/aromatic N) is 2. The lowest BCUT2D eigenvalue weighted by molar-refractivity contribution is 0.0698. The van der Waals surface area contributed by atoms with Crippen molar-refractivity contribution in [3.8, 4) is 17.0 Å². The first-order valence-electron chi connectivity index (χ1n) is 8.35. The van der Waals surface area contributed by atoms with Crippen molar-refractivity contribution in [1.29, 1.82) is 0 Å². The van der Waals surface area contributed by atoms with Gasteiger partial charge in [0.25, 0.3) is 5.91 Å². The summed E-state index contributed by atoms with van der Waals surface area (Å²) in [6.45, 7) is 6.30. The number of carbonyl (C=O) groups excluding carboxylic acids is 1. The van der Waals surface area contributed by atoms with E-state index in [1.165, 1.54) is 0 Å². The van der Waals surface area contributed by atoms with Gasteiger partial charge in [0.15, 0.2) is 0 Å². The van der Waals surface area contributed by atoms with Gasteiger partial charge in [0.05, 0.1) is 29.1 Å². The van der Waals surface area contributed by atoms with Crippen LogP contribution in [0.3, 0.4) is 0 Å². The van der Waals surface area contributed by atoms with Gasteiger partial charge in [0.1, 0.15) is 5.75 Å². The van der Waals surface area contributed by atoms with Gasteiger partial charge < -0.3 is 9.64 Å². The molecule has 2 aromatic rings. The number of hydrogen-bond acceptors (Lipinski definition) is 3. The number of hydrogen-bond donors (Lipinski definition) is 1. The largest absolute Gasteiger partial charge is 0.492 e. The summed E-state index contributed by atoms with van der Waals surface area (Å²) in [5, 5.41) is 7.53. The van der Waals surface area contributed by atoms with E-state index in [0.29, 0.717) is 34.6 Å². The molecule has 0 unspecified atom stereocenters. The van der Waals surface area contributed by atoms with E-state index in [9.17, 15) is 4.79 Å². The quantitative estimate of drug-likeness (QED) is 0.909. The van der Waals surface area contributed by atoms with Crippen molar-refractivity contribution in [2.24, 2.45) is 5.92 Å². The second kappa shape index (κ2) is 7.26. The fourth-order valence-corrected chi connectivity index (χ4v) is 3.21. The van der Waals surface area contributed by atoms with E-state index in [-0.39, 0.29) is 5.91 Å². The van der Waals surface area contributed by atoms with Crippen LogP contribution in [0, 0.1) is 5.92 Å². The van der Waals surface area contributed by atoms with Gasteiger partial charge in [-0.15, -0.1) is 0 Å². The highest BCUT2D eigenvalue weighted by Gasteiger charge is 2.25. The molecule has 0 saturated carbocycles. The van der Waals surface area contributed by atoms with E-state index < -0.39 is 0 Å². The Kier molecular flexibility index (Phi) is 5.09. The minimum Gasteiger partial charge on any atom is -0.492 e. The predicted octanol–water partition coefficient (Wildman–Crippen LogP) is 4.00. The molecule has 24 heavy (non-hydrogen) atoms. The molecule has 0 bridgehead atoms. The number of benzene rings is 1. The summed E-state index contributed by atoms with van der Waals surface area (Å²) in [6, 6.07) is 5.51. The summed E-state index contributed by atoms with van der Waals surface area (Å²) in [6.07, 6.45) is 3.70. The summed E-state index contributed by atoms with van der Waals surface area (Å²) in [4.78, 5) is 14.7. The van der Waals surface area contributed by atoms with Crippen molar-refractivity contribution in [3.05, 3.63) is 35.0 Å². The number of amides is 1. The van der Waals surface area contributed by atoms with Gasteiger partial charge in [-0.2, -0.15) is 5.10 Å². The van der Waals surface area contributed by atoms with E-state index in [1.54, 1.807) is 12.3 Å². The molecular weight excluding hydrogens is 326 g/mol. The van der Waals surface area contributed by atoms with Crippen LogP contribution >= 0.6 is 11.6 Å². The molecule has 2 heterocycles. The van der Waals surface area contributed by atoms with Crippen LogP contribution in [0.4, 0.5) is 0 Å². The Labute approximate surface area is 147 Å². The Morgan fingerprint density at radius 1 is 1.42 bits per heavy atom. The predicted molar refractivity (Wildman–Crippen MR) is 94.5 cm³/mol. The topological polar surface area (TPSA) is 58.2 Å². The molecule has 1 aromatic carbocycles. The van der Waals surface area contributed by atoms with Gasteiger partial charge in [-0.1, -0.05) is 18.5 Å². The molecule has 1 aliphatic heterocycles. The first kappa shape index (κ1) is 16.8. The number of H-pyrrole nitrogens is 1. The highest BCUT2D eigenvalue weighted by molar-refractivity contribution is 6.32. The van der Waals surface area contributed by atoms with E-state index in [1.807, 2.05) is 24.0 Å². The third-order valence-electron chi connectivity index (χ3n) is 4.46. The lowest BCUT2D eigenvalue weighted by Crippen LogP contribution is -2.37. The van der Waals surface area contributed by atoms with E-state index in [4.69, 9.17) is 16.3 Å². The molecule has 0 spiro atoms. The first-order valence-corrected chi connectivity index (χ1v) is 8.73. The minimum atomic E-state index is 0.0238. The SMILES string of the molecule is CCOc1ccc(-c2[nH]ncc2C(=O)N2CCC(C)CC2)cc1Cl. The molecule has 128 valence electrons. The zero-order valence-corrected chi connectivity index (χ0v) is 14.8. The van der Waals surface area contributed by atoms with Gasteiger partial charge in [-0.25, -0.2) is 0 Å². The Balaban J connectivity index is 1.85. The molecule has 5 nitrogen and oxygen atoms in total. The Morgan fingerprint density at radius 2 is 2.17 bits per heavy atom. The number of nitrogens with one attached hydrogen (secondary N) is 1. The van der Waals surface area contributed by atoms with Crippen molar-refractivity contribution in [2.75, 3.05) is 19.7 Å². The molecule has 6 heteroatoms. The average Bonchev–Trinajstić information content (AvgIpc) is 3.06. The molecular formula is C18H22ClN3O2. The average molecular weight is 348 g/mol. The maximum absolute atomic E-state index is 12.8. The van der Waals surface area contributed by atoms with Crippen LogP contribution in [0.25, 0.3) is 11.3 Å². The molecule has 1 amide bonds. The van der Waals surface area contributed by atoms with Crippen LogP contribution in [0.1, 0.15) is 37.0 Å². The molecule has 0 radical (unpaired) electrons. The van der Waals surface area contributed by atoms with E-state index >= 15 is 0 Å². The number of ether oxygens (including phenoxy) is 1. The number of halogens is 1. The third kappa shape index (κ3) is 3.41. The van der Waals surface area contributed by atoms with Crippen molar-refractivity contribution in [2.45, 2.75) is 26.7 Å². The molecule has 1 saturated heterocycles. The summed E-state index contributed by atoms with van der Waals surface area (Å²) >= 11 is 6.27. The van der Waals surface area contributed by atoms with Crippen LogP contribution in [0.5, 0.6) is 5.75 Å². The Morgan fingerprint density at radius 3 is 2.83 bits per heavy atom. The lowest BCUT2D eigenvalue weighted by atomic mass is 9.98.